The second-order valence-corrected chi connectivity index (χ2v) is 6.37. The van der Waals surface area contributed by atoms with Crippen LogP contribution in [-0.2, 0) is 9.63 Å². The van der Waals surface area contributed by atoms with Gasteiger partial charge < -0.3 is 15.1 Å². The predicted molar refractivity (Wildman–Crippen MR) is 102 cm³/mol. The topological polar surface area (TPSA) is 112 Å². The standard InChI is InChI=1S/C19H16F3N5O3/c1-10-8-27(15-7-11(2)24-14-6-4-3-5-12(14)15)9-13(10)16(28)25-18(23)26-30-17(29)19(20,21)22/h3-9H,1-2H3,(H3,23,25,26,28). The van der Waals surface area contributed by atoms with Crippen LogP contribution >= 0.6 is 0 Å². The van der Waals surface area contributed by atoms with Crippen LogP contribution in [0.25, 0.3) is 16.6 Å². The van der Waals surface area contributed by atoms with Crippen LogP contribution in [0.1, 0.15) is 21.6 Å². The molecule has 1 aromatic carbocycles. The van der Waals surface area contributed by atoms with Crippen molar-refractivity contribution in [1.29, 1.82) is 0 Å². The van der Waals surface area contributed by atoms with Gasteiger partial charge in [0.25, 0.3) is 5.91 Å². The second kappa shape index (κ2) is 7.85. The van der Waals surface area contributed by atoms with Crippen molar-refractivity contribution >= 4 is 28.7 Å². The number of guanidine groups is 1. The van der Waals surface area contributed by atoms with E-state index in [9.17, 15) is 22.8 Å². The van der Waals surface area contributed by atoms with Gasteiger partial charge in [0.1, 0.15) is 0 Å². The Labute approximate surface area is 168 Å². The lowest BCUT2D eigenvalue weighted by molar-refractivity contribution is -0.199. The maximum absolute atomic E-state index is 12.4. The summed E-state index contributed by atoms with van der Waals surface area (Å²) in [5.41, 5.74) is 8.46. The average molecular weight is 419 g/mol. The van der Waals surface area contributed by atoms with Crippen molar-refractivity contribution in [2.24, 2.45) is 10.9 Å². The highest BCUT2D eigenvalue weighted by Gasteiger charge is 2.41. The number of oxime groups is 1. The molecule has 0 unspecified atom stereocenters. The van der Waals surface area contributed by atoms with Crippen LogP contribution in [0.2, 0.25) is 0 Å². The molecule has 0 aliphatic rings. The van der Waals surface area contributed by atoms with Gasteiger partial charge in [0.05, 0.1) is 16.8 Å². The Hall–Kier alpha value is -3.89. The number of halogens is 3. The number of hydrogen-bond acceptors (Lipinski definition) is 5. The fourth-order valence-corrected chi connectivity index (χ4v) is 2.78. The molecule has 0 radical (unpaired) electrons. The van der Waals surface area contributed by atoms with Gasteiger partial charge in [0, 0.05) is 23.5 Å². The molecule has 0 fully saturated rings. The first-order chi connectivity index (χ1) is 14.1. The number of carbonyl (C=O) groups excluding carboxylic acids is 2. The molecule has 8 nitrogen and oxygen atoms in total. The molecule has 0 bridgehead atoms. The minimum absolute atomic E-state index is 0.203. The number of nitrogens with two attached hydrogens (primary N) is 1. The summed E-state index contributed by atoms with van der Waals surface area (Å²) in [5.74, 6) is -4.08. The van der Waals surface area contributed by atoms with Crippen LogP contribution in [0, 0.1) is 13.8 Å². The monoisotopic (exact) mass is 419 g/mol. The number of rotatable bonds is 3. The first kappa shape index (κ1) is 20.8. The number of aryl methyl sites for hydroxylation is 2. The SMILES string of the molecule is Cc1cc(-n2cc(C)c(C(=O)NC(N)=NOC(=O)C(F)(F)F)c2)c2ccccc2n1. The number of benzene rings is 1. The van der Waals surface area contributed by atoms with Crippen LogP contribution in [0.15, 0.2) is 47.9 Å². The van der Waals surface area contributed by atoms with E-state index in [1.807, 2.05) is 37.3 Å². The maximum atomic E-state index is 12.4. The Morgan fingerprint density at radius 3 is 2.60 bits per heavy atom. The van der Waals surface area contributed by atoms with Crippen molar-refractivity contribution in [2.75, 3.05) is 0 Å². The Balaban J connectivity index is 1.85. The van der Waals surface area contributed by atoms with Gasteiger partial charge >= 0.3 is 12.1 Å². The summed E-state index contributed by atoms with van der Waals surface area (Å²) in [5, 5.41) is 5.72. The molecule has 1 amide bonds. The quantitative estimate of drug-likeness (QED) is 0.293. The number of amides is 1. The number of hydrogen-bond donors (Lipinski definition) is 2. The predicted octanol–water partition coefficient (Wildman–Crippen LogP) is 2.71. The Kier molecular flexibility index (Phi) is 5.45. The molecule has 0 aliphatic carbocycles. The molecule has 3 rings (SSSR count). The number of aromatic nitrogens is 2. The minimum atomic E-state index is -5.23. The number of nitrogens with one attached hydrogen (secondary N) is 1. The summed E-state index contributed by atoms with van der Waals surface area (Å²) in [6.07, 6.45) is -1.97. The van der Waals surface area contributed by atoms with Crippen LogP contribution in [0.3, 0.4) is 0 Å². The van der Waals surface area contributed by atoms with Crippen molar-refractivity contribution in [3.63, 3.8) is 0 Å². The van der Waals surface area contributed by atoms with Crippen LogP contribution in [0.5, 0.6) is 0 Å². The molecular weight excluding hydrogens is 403 g/mol. The molecule has 2 aromatic heterocycles. The number of fused-ring (bicyclic) bond motifs is 1. The minimum Gasteiger partial charge on any atom is -0.367 e. The zero-order valence-electron chi connectivity index (χ0n) is 15.8. The van der Waals surface area contributed by atoms with Gasteiger partial charge in [-0.3, -0.25) is 15.1 Å². The summed E-state index contributed by atoms with van der Waals surface area (Å²) < 4.78 is 38.0. The zero-order valence-corrected chi connectivity index (χ0v) is 15.8. The molecule has 0 saturated heterocycles. The molecule has 30 heavy (non-hydrogen) atoms. The van der Waals surface area contributed by atoms with Gasteiger partial charge in [0.15, 0.2) is 0 Å². The first-order valence-corrected chi connectivity index (χ1v) is 8.54. The van der Waals surface area contributed by atoms with E-state index < -0.39 is 24.0 Å². The summed E-state index contributed by atoms with van der Waals surface area (Å²) >= 11 is 0. The van der Waals surface area contributed by atoms with Gasteiger partial charge in [-0.05, 0) is 36.7 Å². The van der Waals surface area contributed by atoms with E-state index >= 15 is 0 Å². The van der Waals surface area contributed by atoms with E-state index in [0.717, 1.165) is 22.3 Å². The number of pyridine rings is 1. The van der Waals surface area contributed by atoms with Crippen LogP contribution in [0.4, 0.5) is 13.2 Å². The molecule has 0 atom stereocenters. The average Bonchev–Trinajstić information content (AvgIpc) is 3.06. The van der Waals surface area contributed by atoms with Crippen molar-refractivity contribution in [2.45, 2.75) is 20.0 Å². The highest BCUT2D eigenvalue weighted by Crippen LogP contribution is 2.24. The molecule has 11 heteroatoms. The normalized spacial score (nSPS) is 12.1. The smallest absolute Gasteiger partial charge is 0.367 e. The maximum Gasteiger partial charge on any atom is 0.493 e. The van der Waals surface area contributed by atoms with Gasteiger partial charge in [-0.15, -0.1) is 0 Å². The third-order valence-corrected chi connectivity index (χ3v) is 4.07. The molecule has 0 aliphatic heterocycles. The Bertz CT molecular complexity index is 1170. The van der Waals surface area contributed by atoms with E-state index in [2.05, 4.69) is 20.3 Å². The van der Waals surface area contributed by atoms with Crippen molar-refractivity contribution < 1.29 is 27.6 Å². The van der Waals surface area contributed by atoms with Gasteiger partial charge in [0.2, 0.25) is 5.96 Å². The molecule has 0 spiro atoms. The lowest BCUT2D eigenvalue weighted by Gasteiger charge is -2.09. The van der Waals surface area contributed by atoms with Gasteiger partial charge in [-0.2, -0.15) is 13.2 Å². The van der Waals surface area contributed by atoms with Crippen molar-refractivity contribution in [1.82, 2.24) is 14.9 Å². The summed E-state index contributed by atoms with van der Waals surface area (Å²) in [6.45, 7) is 3.53. The highest BCUT2D eigenvalue weighted by molar-refractivity contribution is 6.06. The first-order valence-electron chi connectivity index (χ1n) is 8.54. The zero-order chi connectivity index (χ0) is 22.1. The lowest BCUT2D eigenvalue weighted by atomic mass is 10.1. The molecular formula is C19H16F3N5O3. The Morgan fingerprint density at radius 2 is 1.90 bits per heavy atom. The van der Waals surface area contributed by atoms with E-state index in [-0.39, 0.29) is 5.56 Å². The third-order valence-electron chi connectivity index (χ3n) is 4.07. The molecule has 2 heterocycles. The highest BCUT2D eigenvalue weighted by atomic mass is 19.4. The molecule has 156 valence electrons. The van der Waals surface area contributed by atoms with Gasteiger partial charge in [-0.25, -0.2) is 4.79 Å². The van der Waals surface area contributed by atoms with E-state index in [1.54, 1.807) is 23.9 Å². The largest absolute Gasteiger partial charge is 0.493 e. The van der Waals surface area contributed by atoms with Crippen LogP contribution < -0.4 is 11.1 Å². The van der Waals surface area contributed by atoms with Crippen molar-refractivity contribution in [3.8, 4) is 5.69 Å². The van der Waals surface area contributed by atoms with Crippen LogP contribution in [-0.4, -0.2) is 33.6 Å². The number of nitrogens with zero attached hydrogens (tertiary/aromatic N) is 3. The fraction of sp³-hybridized carbons (Fsp3) is 0.158. The van der Waals surface area contributed by atoms with E-state index in [1.165, 1.54) is 0 Å². The van der Waals surface area contributed by atoms with Gasteiger partial charge in [-0.1, -0.05) is 18.2 Å². The van der Waals surface area contributed by atoms with E-state index in [4.69, 9.17) is 5.73 Å². The third kappa shape index (κ3) is 4.40. The Morgan fingerprint density at radius 1 is 1.20 bits per heavy atom. The second-order valence-electron chi connectivity index (χ2n) is 6.37. The summed E-state index contributed by atoms with van der Waals surface area (Å²) in [4.78, 5) is 31.2. The fourth-order valence-electron chi connectivity index (χ4n) is 2.78. The number of para-hydroxylation sites is 1. The molecule has 3 N–H and O–H groups in total. The van der Waals surface area contributed by atoms with E-state index in [0.29, 0.717) is 5.56 Å². The lowest BCUT2D eigenvalue weighted by Crippen LogP contribution is -2.37. The molecule has 3 aromatic rings. The molecule has 0 saturated carbocycles. The van der Waals surface area contributed by atoms with Crippen molar-refractivity contribution in [3.05, 3.63) is 59.5 Å². The summed E-state index contributed by atoms with van der Waals surface area (Å²) in [7, 11) is 0. The number of alkyl halides is 3. The summed E-state index contributed by atoms with van der Waals surface area (Å²) in [6, 6.07) is 9.36. The number of carbonyl (C=O) groups is 2.